The van der Waals surface area contributed by atoms with Gasteiger partial charge in [-0.2, -0.15) is 0 Å². The normalized spacial score (nSPS) is 18.3. The van der Waals surface area contributed by atoms with Crippen molar-refractivity contribution < 1.29 is 4.79 Å². The van der Waals surface area contributed by atoms with Crippen LogP contribution >= 0.6 is 11.8 Å². The van der Waals surface area contributed by atoms with E-state index in [-0.39, 0.29) is 11.8 Å². The number of thioether (sulfide) groups is 1. The number of carbonyl (C=O) groups excluding carboxylic acids is 1. The number of aryl methyl sites for hydroxylation is 1. The van der Waals surface area contributed by atoms with Gasteiger partial charge < -0.3 is 5.32 Å². The Kier molecular flexibility index (Phi) is 5.02. The van der Waals surface area contributed by atoms with E-state index in [4.69, 9.17) is 0 Å². The van der Waals surface area contributed by atoms with Gasteiger partial charge in [0.05, 0.1) is 6.04 Å². The van der Waals surface area contributed by atoms with Crippen LogP contribution in [0.5, 0.6) is 0 Å². The number of carbonyl (C=O) groups is 1. The maximum atomic E-state index is 12.7. The monoisotopic (exact) mass is 278 g/mol. The van der Waals surface area contributed by atoms with E-state index in [0.717, 1.165) is 42.2 Å². The van der Waals surface area contributed by atoms with Crippen molar-refractivity contribution in [3.8, 4) is 0 Å². The van der Waals surface area contributed by atoms with Gasteiger partial charge >= 0.3 is 0 Å². The summed E-state index contributed by atoms with van der Waals surface area (Å²) in [6, 6.07) is 6.11. The maximum Gasteiger partial charge on any atom is 0.180 e. The van der Waals surface area contributed by atoms with Gasteiger partial charge in [-0.1, -0.05) is 11.6 Å². The molecule has 19 heavy (non-hydrogen) atoms. The van der Waals surface area contributed by atoms with Gasteiger partial charge in [0, 0.05) is 36.6 Å². The van der Waals surface area contributed by atoms with E-state index >= 15 is 0 Å². The van der Waals surface area contributed by atoms with Crippen LogP contribution < -0.4 is 5.32 Å². The smallest absolute Gasteiger partial charge is 0.180 e. The third kappa shape index (κ3) is 3.38. The number of rotatable bonds is 4. The second kappa shape index (κ2) is 6.55. The highest BCUT2D eigenvalue weighted by Crippen LogP contribution is 2.24. The fourth-order valence-corrected chi connectivity index (χ4v) is 3.06. The van der Waals surface area contributed by atoms with E-state index in [2.05, 4.69) is 22.3 Å². The van der Waals surface area contributed by atoms with Crippen LogP contribution in [0.3, 0.4) is 0 Å². The largest absolute Gasteiger partial charge is 0.314 e. The topological polar surface area (TPSA) is 32.3 Å². The van der Waals surface area contributed by atoms with E-state index in [9.17, 15) is 4.79 Å². The van der Waals surface area contributed by atoms with Crippen LogP contribution in [0, 0.1) is 6.92 Å². The first-order valence-electron chi connectivity index (χ1n) is 6.77. The second-order valence-corrected chi connectivity index (χ2v) is 5.88. The summed E-state index contributed by atoms with van der Waals surface area (Å²) >= 11 is 1.64. The molecule has 4 heteroatoms. The van der Waals surface area contributed by atoms with Crippen LogP contribution in [0.25, 0.3) is 0 Å². The van der Waals surface area contributed by atoms with Gasteiger partial charge in [-0.3, -0.25) is 9.69 Å². The third-order valence-electron chi connectivity index (χ3n) is 3.70. The summed E-state index contributed by atoms with van der Waals surface area (Å²) in [6.07, 6.45) is 2.02. The molecule has 1 aromatic carbocycles. The predicted molar refractivity (Wildman–Crippen MR) is 81.2 cm³/mol. The average molecular weight is 278 g/mol. The Morgan fingerprint density at radius 3 is 2.68 bits per heavy atom. The fourth-order valence-electron chi connectivity index (χ4n) is 2.47. The standard InChI is InChI=1S/C15H22N2OS/c1-11-4-5-14(19-3)13(10-11)15(18)12(2)17-8-6-16-7-9-17/h4-5,10,12,16H,6-9H2,1-3H3. The van der Waals surface area contributed by atoms with Crippen LogP contribution in [0.2, 0.25) is 0 Å². The molecule has 1 N–H and O–H groups in total. The highest BCUT2D eigenvalue weighted by Gasteiger charge is 2.25. The number of nitrogens with zero attached hydrogens (tertiary/aromatic N) is 1. The summed E-state index contributed by atoms with van der Waals surface area (Å²) < 4.78 is 0. The molecule has 0 bridgehead atoms. The van der Waals surface area contributed by atoms with Crippen molar-refractivity contribution in [3.05, 3.63) is 29.3 Å². The maximum absolute atomic E-state index is 12.7. The van der Waals surface area contributed by atoms with E-state index < -0.39 is 0 Å². The lowest BCUT2D eigenvalue weighted by molar-refractivity contribution is 0.0817. The molecule has 2 rings (SSSR count). The van der Waals surface area contributed by atoms with Crippen molar-refractivity contribution in [2.45, 2.75) is 24.8 Å². The zero-order valence-corrected chi connectivity index (χ0v) is 12.7. The first kappa shape index (κ1) is 14.6. The van der Waals surface area contributed by atoms with Crippen molar-refractivity contribution in [2.75, 3.05) is 32.4 Å². The number of Topliss-reactive ketones (excluding diaryl/α,β-unsaturated/α-hetero) is 1. The van der Waals surface area contributed by atoms with Crippen LogP contribution in [0.1, 0.15) is 22.8 Å². The summed E-state index contributed by atoms with van der Waals surface area (Å²) in [7, 11) is 0. The summed E-state index contributed by atoms with van der Waals surface area (Å²) in [5.74, 6) is 0.245. The Labute approximate surface area is 119 Å². The van der Waals surface area contributed by atoms with Gasteiger partial charge in [0.2, 0.25) is 0 Å². The molecule has 1 saturated heterocycles. The molecule has 0 spiro atoms. The van der Waals surface area contributed by atoms with E-state index in [1.165, 1.54) is 0 Å². The summed E-state index contributed by atoms with van der Waals surface area (Å²) in [5.41, 5.74) is 2.02. The summed E-state index contributed by atoms with van der Waals surface area (Å²) in [4.78, 5) is 16.1. The first-order valence-corrected chi connectivity index (χ1v) is 7.99. The number of hydrogen-bond donors (Lipinski definition) is 1. The molecule has 0 aliphatic carbocycles. The van der Waals surface area contributed by atoms with Crippen LogP contribution in [0.4, 0.5) is 0 Å². The molecule has 0 amide bonds. The molecule has 0 saturated carbocycles. The average Bonchev–Trinajstić information content (AvgIpc) is 2.46. The fraction of sp³-hybridized carbons (Fsp3) is 0.533. The minimum atomic E-state index is -0.0326. The minimum Gasteiger partial charge on any atom is -0.314 e. The van der Waals surface area contributed by atoms with Crippen LogP contribution in [-0.2, 0) is 0 Å². The molecule has 1 heterocycles. The number of piperazine rings is 1. The molecule has 0 radical (unpaired) electrons. The number of benzene rings is 1. The highest BCUT2D eigenvalue weighted by molar-refractivity contribution is 7.98. The second-order valence-electron chi connectivity index (χ2n) is 5.03. The molecule has 1 aliphatic heterocycles. The molecule has 1 fully saturated rings. The van der Waals surface area contributed by atoms with E-state index in [0.29, 0.717) is 0 Å². The van der Waals surface area contributed by atoms with Gasteiger partial charge in [-0.25, -0.2) is 0 Å². The molecule has 1 aromatic rings. The predicted octanol–water partition coefficient (Wildman–Crippen LogP) is 2.19. The van der Waals surface area contributed by atoms with Crippen LogP contribution in [-0.4, -0.2) is 49.2 Å². The van der Waals surface area contributed by atoms with E-state index in [1.54, 1.807) is 11.8 Å². The minimum absolute atomic E-state index is 0.0326. The number of hydrogen-bond acceptors (Lipinski definition) is 4. The third-order valence-corrected chi connectivity index (χ3v) is 4.50. The number of nitrogens with one attached hydrogen (secondary N) is 1. The molecule has 1 unspecified atom stereocenters. The van der Waals surface area contributed by atoms with Gasteiger partial charge in [0.15, 0.2) is 5.78 Å². The molecular weight excluding hydrogens is 256 g/mol. The van der Waals surface area contributed by atoms with Crippen molar-refractivity contribution in [1.82, 2.24) is 10.2 Å². The quantitative estimate of drug-likeness (QED) is 0.676. The molecule has 3 nitrogen and oxygen atoms in total. The van der Waals surface area contributed by atoms with Crippen molar-refractivity contribution in [1.29, 1.82) is 0 Å². The zero-order valence-electron chi connectivity index (χ0n) is 11.9. The Hall–Kier alpha value is -0.840. The van der Waals surface area contributed by atoms with Gasteiger partial charge in [-0.15, -0.1) is 11.8 Å². The lowest BCUT2D eigenvalue weighted by Gasteiger charge is -2.32. The Morgan fingerprint density at radius 2 is 2.05 bits per heavy atom. The molecule has 1 aliphatic rings. The van der Waals surface area contributed by atoms with Crippen molar-refractivity contribution in [2.24, 2.45) is 0 Å². The van der Waals surface area contributed by atoms with E-state index in [1.807, 2.05) is 26.2 Å². The Bertz CT molecular complexity index is 455. The summed E-state index contributed by atoms with van der Waals surface area (Å²) in [6.45, 7) is 7.92. The Balaban J connectivity index is 2.20. The molecular formula is C15H22N2OS. The lowest BCUT2D eigenvalue weighted by atomic mass is 10.0. The number of ketones is 1. The van der Waals surface area contributed by atoms with Crippen molar-refractivity contribution in [3.63, 3.8) is 0 Å². The van der Waals surface area contributed by atoms with Crippen LogP contribution in [0.15, 0.2) is 23.1 Å². The zero-order chi connectivity index (χ0) is 13.8. The van der Waals surface area contributed by atoms with Gasteiger partial charge in [0.1, 0.15) is 0 Å². The van der Waals surface area contributed by atoms with Crippen molar-refractivity contribution >= 4 is 17.5 Å². The molecule has 104 valence electrons. The lowest BCUT2D eigenvalue weighted by Crippen LogP contribution is -2.50. The Morgan fingerprint density at radius 1 is 1.37 bits per heavy atom. The first-order chi connectivity index (χ1) is 9.13. The van der Waals surface area contributed by atoms with Gasteiger partial charge in [-0.05, 0) is 32.2 Å². The SMILES string of the molecule is CSc1ccc(C)cc1C(=O)C(C)N1CCNCC1. The molecule has 1 atom stereocenters. The van der Waals surface area contributed by atoms with Gasteiger partial charge in [0.25, 0.3) is 0 Å². The summed E-state index contributed by atoms with van der Waals surface area (Å²) in [5, 5.41) is 3.32. The highest BCUT2D eigenvalue weighted by atomic mass is 32.2. The molecule has 0 aromatic heterocycles.